The van der Waals surface area contributed by atoms with E-state index in [1.165, 1.54) is 0 Å². The average molecular weight is 250 g/mol. The normalized spacial score (nSPS) is 11.9. The van der Waals surface area contributed by atoms with Crippen molar-refractivity contribution in [2.75, 3.05) is 5.32 Å². The van der Waals surface area contributed by atoms with Crippen molar-refractivity contribution in [3.63, 3.8) is 0 Å². The van der Waals surface area contributed by atoms with Crippen LogP contribution in [0.2, 0.25) is 0 Å². The number of hydrogen-bond acceptors (Lipinski definition) is 3. The number of rotatable bonds is 6. The molecule has 0 aromatic heterocycles. The molecule has 1 amide bonds. The first-order valence-corrected chi connectivity index (χ1v) is 5.90. The average Bonchev–Trinajstić information content (AvgIpc) is 2.28. The molecule has 1 aromatic rings. The molecule has 5 heteroatoms. The van der Waals surface area contributed by atoms with Crippen LogP contribution in [0.25, 0.3) is 0 Å². The van der Waals surface area contributed by atoms with Crippen molar-refractivity contribution in [2.24, 2.45) is 5.73 Å². The number of carboxylic acids is 1. The van der Waals surface area contributed by atoms with Gasteiger partial charge in [0.1, 0.15) is 0 Å². The largest absolute Gasteiger partial charge is 0.481 e. The monoisotopic (exact) mass is 250 g/mol. The summed E-state index contributed by atoms with van der Waals surface area (Å²) in [6.45, 7) is 1.96. The molecule has 0 fully saturated rings. The molecule has 0 unspecified atom stereocenters. The second-order valence-electron chi connectivity index (χ2n) is 4.16. The Labute approximate surface area is 106 Å². The highest BCUT2D eigenvalue weighted by atomic mass is 16.4. The van der Waals surface area contributed by atoms with E-state index in [0.29, 0.717) is 17.7 Å². The summed E-state index contributed by atoms with van der Waals surface area (Å²) >= 11 is 0. The zero-order chi connectivity index (χ0) is 13.5. The molecule has 1 atom stereocenters. The van der Waals surface area contributed by atoms with E-state index >= 15 is 0 Å². The van der Waals surface area contributed by atoms with Crippen molar-refractivity contribution in [1.29, 1.82) is 0 Å². The number of benzene rings is 1. The lowest BCUT2D eigenvalue weighted by Crippen LogP contribution is -2.35. The van der Waals surface area contributed by atoms with Gasteiger partial charge in [0.25, 0.3) is 0 Å². The number of carboxylic acid groups (broad SMARTS) is 1. The SMILES string of the molecule is CCC[C@@H](N)C(=O)Nc1cccc(CC(=O)O)c1. The van der Waals surface area contributed by atoms with Gasteiger partial charge in [-0.2, -0.15) is 0 Å². The maximum atomic E-state index is 11.7. The number of anilines is 1. The molecule has 1 rings (SSSR count). The molecule has 1 aromatic carbocycles. The lowest BCUT2D eigenvalue weighted by molar-refractivity contribution is -0.136. The Morgan fingerprint density at radius 1 is 1.44 bits per heavy atom. The first-order chi connectivity index (χ1) is 8.52. The van der Waals surface area contributed by atoms with E-state index in [9.17, 15) is 9.59 Å². The van der Waals surface area contributed by atoms with Crippen LogP contribution >= 0.6 is 0 Å². The number of nitrogens with two attached hydrogens (primary N) is 1. The molecule has 5 nitrogen and oxygen atoms in total. The minimum absolute atomic E-state index is 0.0648. The van der Waals surface area contributed by atoms with Crippen LogP contribution in [-0.2, 0) is 16.0 Å². The minimum Gasteiger partial charge on any atom is -0.481 e. The zero-order valence-corrected chi connectivity index (χ0v) is 10.3. The van der Waals surface area contributed by atoms with Crippen LogP contribution in [0.4, 0.5) is 5.69 Å². The van der Waals surface area contributed by atoms with E-state index < -0.39 is 12.0 Å². The molecule has 0 aliphatic heterocycles. The third-order valence-electron chi connectivity index (χ3n) is 2.49. The summed E-state index contributed by atoms with van der Waals surface area (Å²) in [5.41, 5.74) is 6.91. The summed E-state index contributed by atoms with van der Waals surface area (Å²) < 4.78 is 0. The van der Waals surface area contributed by atoms with Crippen LogP contribution in [0.15, 0.2) is 24.3 Å². The Bertz CT molecular complexity index is 432. The van der Waals surface area contributed by atoms with Crippen LogP contribution in [0.1, 0.15) is 25.3 Å². The molecule has 0 saturated carbocycles. The van der Waals surface area contributed by atoms with Crippen molar-refractivity contribution in [2.45, 2.75) is 32.2 Å². The number of nitrogens with one attached hydrogen (secondary N) is 1. The fraction of sp³-hybridized carbons (Fsp3) is 0.385. The summed E-state index contributed by atoms with van der Waals surface area (Å²) in [4.78, 5) is 22.3. The topological polar surface area (TPSA) is 92.4 Å². The van der Waals surface area contributed by atoms with E-state index in [1.807, 2.05) is 6.92 Å². The molecular formula is C13H18N2O3. The van der Waals surface area contributed by atoms with Gasteiger partial charge in [-0.3, -0.25) is 9.59 Å². The van der Waals surface area contributed by atoms with Crippen molar-refractivity contribution in [3.8, 4) is 0 Å². The van der Waals surface area contributed by atoms with Crippen molar-refractivity contribution >= 4 is 17.6 Å². The predicted molar refractivity (Wildman–Crippen MR) is 69.3 cm³/mol. The fourth-order valence-electron chi connectivity index (χ4n) is 1.61. The lowest BCUT2D eigenvalue weighted by atomic mass is 10.1. The van der Waals surface area contributed by atoms with Gasteiger partial charge in [0, 0.05) is 5.69 Å². The minimum atomic E-state index is -0.902. The van der Waals surface area contributed by atoms with Gasteiger partial charge in [0.05, 0.1) is 12.5 Å². The van der Waals surface area contributed by atoms with E-state index in [-0.39, 0.29) is 12.3 Å². The summed E-state index contributed by atoms with van der Waals surface area (Å²) in [7, 11) is 0. The van der Waals surface area contributed by atoms with Gasteiger partial charge in [-0.1, -0.05) is 25.5 Å². The second kappa shape index (κ2) is 6.76. The maximum absolute atomic E-state index is 11.7. The Morgan fingerprint density at radius 3 is 2.78 bits per heavy atom. The highest BCUT2D eigenvalue weighted by Crippen LogP contribution is 2.12. The van der Waals surface area contributed by atoms with Crippen LogP contribution < -0.4 is 11.1 Å². The van der Waals surface area contributed by atoms with E-state index in [4.69, 9.17) is 10.8 Å². The maximum Gasteiger partial charge on any atom is 0.307 e. The lowest BCUT2D eigenvalue weighted by Gasteiger charge is -2.11. The van der Waals surface area contributed by atoms with Gasteiger partial charge >= 0.3 is 5.97 Å². The smallest absolute Gasteiger partial charge is 0.307 e. The molecule has 98 valence electrons. The van der Waals surface area contributed by atoms with Crippen molar-refractivity contribution < 1.29 is 14.7 Å². The van der Waals surface area contributed by atoms with Gasteiger partial charge in [-0.25, -0.2) is 0 Å². The Hall–Kier alpha value is -1.88. The number of hydrogen-bond donors (Lipinski definition) is 3. The highest BCUT2D eigenvalue weighted by Gasteiger charge is 2.12. The standard InChI is InChI=1S/C13H18N2O3/c1-2-4-11(14)13(18)15-10-6-3-5-9(7-10)8-12(16)17/h3,5-7,11H,2,4,8,14H2,1H3,(H,15,18)(H,16,17)/t11-/m1/s1. The molecule has 0 aliphatic carbocycles. The highest BCUT2D eigenvalue weighted by molar-refractivity contribution is 5.94. The third kappa shape index (κ3) is 4.55. The first-order valence-electron chi connectivity index (χ1n) is 5.90. The Kier molecular flexibility index (Phi) is 5.32. The van der Waals surface area contributed by atoms with Crippen molar-refractivity contribution in [3.05, 3.63) is 29.8 Å². The van der Waals surface area contributed by atoms with Gasteiger partial charge in [0.2, 0.25) is 5.91 Å². The van der Waals surface area contributed by atoms with Gasteiger partial charge in [-0.15, -0.1) is 0 Å². The second-order valence-corrected chi connectivity index (χ2v) is 4.16. The zero-order valence-electron chi connectivity index (χ0n) is 10.3. The van der Waals surface area contributed by atoms with Crippen LogP contribution in [0.3, 0.4) is 0 Å². The van der Waals surface area contributed by atoms with Crippen LogP contribution in [0, 0.1) is 0 Å². The van der Waals surface area contributed by atoms with Crippen LogP contribution in [-0.4, -0.2) is 23.0 Å². The van der Waals surface area contributed by atoms with Crippen LogP contribution in [0.5, 0.6) is 0 Å². The summed E-state index contributed by atoms with van der Waals surface area (Å²) in [6, 6.07) is 6.24. The Morgan fingerprint density at radius 2 is 2.17 bits per heavy atom. The summed E-state index contributed by atoms with van der Waals surface area (Å²) in [6.07, 6.45) is 1.40. The molecule has 0 spiro atoms. The number of carbonyl (C=O) groups is 2. The summed E-state index contributed by atoms with van der Waals surface area (Å²) in [5, 5.41) is 11.4. The van der Waals surface area contributed by atoms with Crippen molar-refractivity contribution in [1.82, 2.24) is 0 Å². The molecule has 0 heterocycles. The molecule has 0 radical (unpaired) electrons. The van der Waals surface area contributed by atoms with E-state index in [2.05, 4.69) is 5.32 Å². The first kappa shape index (κ1) is 14.2. The third-order valence-corrected chi connectivity index (χ3v) is 2.49. The van der Waals surface area contributed by atoms with E-state index in [0.717, 1.165) is 6.42 Å². The predicted octanol–water partition coefficient (Wildman–Crippen LogP) is 1.38. The Balaban J connectivity index is 2.67. The van der Waals surface area contributed by atoms with Gasteiger partial charge in [-0.05, 0) is 24.1 Å². The molecular weight excluding hydrogens is 232 g/mol. The molecule has 0 bridgehead atoms. The molecule has 18 heavy (non-hydrogen) atoms. The quantitative estimate of drug-likeness (QED) is 0.711. The number of amides is 1. The summed E-state index contributed by atoms with van der Waals surface area (Å²) in [5.74, 6) is -1.15. The van der Waals surface area contributed by atoms with E-state index in [1.54, 1.807) is 24.3 Å². The molecule has 0 aliphatic rings. The van der Waals surface area contributed by atoms with Gasteiger partial charge in [0.15, 0.2) is 0 Å². The molecule has 0 saturated heterocycles. The number of aliphatic carboxylic acids is 1. The fourth-order valence-corrected chi connectivity index (χ4v) is 1.61. The molecule has 4 N–H and O–H groups in total. The van der Waals surface area contributed by atoms with Gasteiger partial charge < -0.3 is 16.2 Å². The number of carbonyl (C=O) groups excluding carboxylic acids is 1.